The molecule has 0 bridgehead atoms. The number of nitrogens with one attached hydrogen (secondary N) is 1. The maximum atomic E-state index is 5.71. The maximum absolute atomic E-state index is 5.71. The van der Waals surface area contributed by atoms with Crippen LogP contribution in [-0.2, 0) is 0 Å². The van der Waals surface area contributed by atoms with Crippen molar-refractivity contribution in [2.24, 2.45) is 5.73 Å². The van der Waals surface area contributed by atoms with Crippen LogP contribution in [-0.4, -0.2) is 17.1 Å². The molecule has 0 aliphatic heterocycles. The van der Waals surface area contributed by atoms with Crippen molar-refractivity contribution >= 4 is 5.82 Å². The lowest BCUT2D eigenvalue weighted by molar-refractivity contribution is 0.735. The van der Waals surface area contributed by atoms with E-state index >= 15 is 0 Å². The van der Waals surface area contributed by atoms with Gasteiger partial charge in [0.25, 0.3) is 0 Å². The van der Waals surface area contributed by atoms with Gasteiger partial charge in [-0.25, -0.2) is 4.98 Å². The molecule has 1 fully saturated rings. The fourth-order valence-corrected chi connectivity index (χ4v) is 1.63. The van der Waals surface area contributed by atoms with E-state index in [2.05, 4.69) is 30.2 Å². The van der Waals surface area contributed by atoms with E-state index in [1.165, 1.54) is 24.0 Å². The first-order valence-corrected chi connectivity index (χ1v) is 5.07. The second kappa shape index (κ2) is 3.24. The molecule has 14 heavy (non-hydrogen) atoms. The minimum Gasteiger partial charge on any atom is -0.363 e. The highest BCUT2D eigenvalue weighted by Crippen LogP contribution is 2.37. The summed E-state index contributed by atoms with van der Waals surface area (Å²) in [5.74, 6) is 0.985. The van der Waals surface area contributed by atoms with Gasteiger partial charge in [-0.2, -0.15) is 0 Å². The van der Waals surface area contributed by atoms with Gasteiger partial charge in [-0.1, -0.05) is 6.07 Å². The average Bonchev–Trinajstić information content (AvgIpc) is 2.91. The number of rotatable bonds is 3. The molecule has 0 unspecified atom stereocenters. The van der Waals surface area contributed by atoms with Crippen molar-refractivity contribution in [3.8, 4) is 0 Å². The molecule has 1 heterocycles. The monoisotopic (exact) mass is 191 g/mol. The molecule has 3 heteroatoms. The smallest absolute Gasteiger partial charge is 0.129 e. The molecule has 0 radical (unpaired) electrons. The van der Waals surface area contributed by atoms with Gasteiger partial charge in [0.05, 0.1) is 5.54 Å². The van der Waals surface area contributed by atoms with Gasteiger partial charge in [-0.3, -0.25) is 0 Å². The summed E-state index contributed by atoms with van der Waals surface area (Å²) in [6.45, 7) is 4.83. The fourth-order valence-electron chi connectivity index (χ4n) is 1.63. The number of hydrogen-bond acceptors (Lipinski definition) is 3. The Hall–Kier alpha value is -1.09. The van der Waals surface area contributed by atoms with Gasteiger partial charge in [0.15, 0.2) is 0 Å². The van der Waals surface area contributed by atoms with Crippen LogP contribution >= 0.6 is 0 Å². The van der Waals surface area contributed by atoms with E-state index < -0.39 is 0 Å². The zero-order valence-electron chi connectivity index (χ0n) is 8.80. The summed E-state index contributed by atoms with van der Waals surface area (Å²) < 4.78 is 0. The SMILES string of the molecule is Cc1cnc(NC2(CN)CC2)c(C)c1. The Morgan fingerprint density at radius 3 is 2.71 bits per heavy atom. The van der Waals surface area contributed by atoms with Gasteiger partial charge in [0.1, 0.15) is 5.82 Å². The molecule has 1 aliphatic rings. The Morgan fingerprint density at radius 1 is 1.50 bits per heavy atom. The minimum absolute atomic E-state index is 0.146. The van der Waals surface area contributed by atoms with Crippen LogP contribution in [0.2, 0.25) is 0 Å². The van der Waals surface area contributed by atoms with Gasteiger partial charge >= 0.3 is 0 Å². The molecule has 0 spiro atoms. The Kier molecular flexibility index (Phi) is 2.19. The normalized spacial score (nSPS) is 17.9. The van der Waals surface area contributed by atoms with Crippen molar-refractivity contribution in [3.05, 3.63) is 23.4 Å². The van der Waals surface area contributed by atoms with E-state index in [1.54, 1.807) is 0 Å². The van der Waals surface area contributed by atoms with Crippen LogP contribution in [0.15, 0.2) is 12.3 Å². The molecule has 0 amide bonds. The first-order chi connectivity index (χ1) is 6.65. The Labute approximate surface area is 84.7 Å². The van der Waals surface area contributed by atoms with Crippen molar-refractivity contribution < 1.29 is 0 Å². The molecule has 3 nitrogen and oxygen atoms in total. The standard InChI is InChI=1S/C11H17N3/c1-8-5-9(2)10(13-6-8)14-11(7-12)3-4-11/h5-6H,3-4,7,12H2,1-2H3,(H,13,14). The summed E-state index contributed by atoms with van der Waals surface area (Å²) in [6, 6.07) is 2.14. The minimum atomic E-state index is 0.146. The number of aryl methyl sites for hydroxylation is 2. The van der Waals surface area contributed by atoms with Crippen molar-refractivity contribution in [1.29, 1.82) is 0 Å². The fraction of sp³-hybridized carbons (Fsp3) is 0.545. The van der Waals surface area contributed by atoms with Crippen LogP contribution in [0.3, 0.4) is 0 Å². The number of pyridine rings is 1. The predicted molar refractivity (Wildman–Crippen MR) is 58.4 cm³/mol. The van der Waals surface area contributed by atoms with Gasteiger partial charge in [0, 0.05) is 12.7 Å². The highest BCUT2D eigenvalue weighted by molar-refractivity contribution is 5.48. The van der Waals surface area contributed by atoms with E-state index in [-0.39, 0.29) is 5.54 Å². The van der Waals surface area contributed by atoms with E-state index in [9.17, 15) is 0 Å². The third-order valence-corrected chi connectivity index (χ3v) is 2.84. The molecule has 1 saturated carbocycles. The lowest BCUT2D eigenvalue weighted by Crippen LogP contribution is -2.31. The Balaban J connectivity index is 2.17. The third kappa shape index (κ3) is 1.73. The van der Waals surface area contributed by atoms with Crippen molar-refractivity contribution in [1.82, 2.24) is 4.98 Å². The van der Waals surface area contributed by atoms with E-state index in [0.717, 1.165) is 5.82 Å². The molecule has 0 saturated heterocycles. The van der Waals surface area contributed by atoms with Crippen LogP contribution in [0.25, 0.3) is 0 Å². The number of nitrogens with two attached hydrogens (primary N) is 1. The van der Waals surface area contributed by atoms with Gasteiger partial charge in [-0.15, -0.1) is 0 Å². The summed E-state index contributed by atoms with van der Waals surface area (Å²) in [5, 5.41) is 3.44. The molecule has 2 rings (SSSR count). The Bertz CT molecular complexity index is 342. The molecule has 76 valence electrons. The summed E-state index contributed by atoms with van der Waals surface area (Å²) in [5.41, 5.74) is 8.25. The zero-order chi connectivity index (χ0) is 10.2. The molecule has 3 N–H and O–H groups in total. The molecule has 1 aromatic rings. The van der Waals surface area contributed by atoms with E-state index in [1.807, 2.05) is 6.20 Å². The van der Waals surface area contributed by atoms with E-state index in [0.29, 0.717) is 6.54 Å². The summed E-state index contributed by atoms with van der Waals surface area (Å²) in [6.07, 6.45) is 4.22. The zero-order valence-corrected chi connectivity index (χ0v) is 8.80. The van der Waals surface area contributed by atoms with Crippen molar-refractivity contribution in [2.45, 2.75) is 32.2 Å². The molecular weight excluding hydrogens is 174 g/mol. The van der Waals surface area contributed by atoms with Crippen molar-refractivity contribution in [2.75, 3.05) is 11.9 Å². The molecule has 0 atom stereocenters. The van der Waals surface area contributed by atoms with Crippen LogP contribution in [0.5, 0.6) is 0 Å². The first kappa shape index (κ1) is 9.46. The number of anilines is 1. The molecule has 0 aromatic carbocycles. The first-order valence-electron chi connectivity index (χ1n) is 5.07. The number of hydrogen-bond donors (Lipinski definition) is 2. The summed E-state index contributed by atoms with van der Waals surface area (Å²) in [7, 11) is 0. The van der Waals surface area contributed by atoms with Gasteiger partial charge in [-0.05, 0) is 37.8 Å². The largest absolute Gasteiger partial charge is 0.363 e. The van der Waals surface area contributed by atoms with Gasteiger partial charge < -0.3 is 11.1 Å². The lowest BCUT2D eigenvalue weighted by Gasteiger charge is -2.17. The van der Waals surface area contributed by atoms with Crippen molar-refractivity contribution in [3.63, 3.8) is 0 Å². The highest BCUT2D eigenvalue weighted by Gasteiger charge is 2.41. The molecule has 1 aliphatic carbocycles. The predicted octanol–water partition coefficient (Wildman–Crippen LogP) is 1.60. The Morgan fingerprint density at radius 2 is 2.21 bits per heavy atom. The third-order valence-electron chi connectivity index (χ3n) is 2.84. The number of nitrogens with zero attached hydrogens (tertiary/aromatic N) is 1. The second-order valence-corrected chi connectivity index (χ2v) is 4.29. The van der Waals surface area contributed by atoms with Crippen LogP contribution in [0, 0.1) is 13.8 Å². The van der Waals surface area contributed by atoms with Crippen LogP contribution in [0.4, 0.5) is 5.82 Å². The molecule has 1 aromatic heterocycles. The topological polar surface area (TPSA) is 50.9 Å². The second-order valence-electron chi connectivity index (χ2n) is 4.29. The van der Waals surface area contributed by atoms with E-state index in [4.69, 9.17) is 5.73 Å². The highest BCUT2D eigenvalue weighted by atomic mass is 15.1. The maximum Gasteiger partial charge on any atom is 0.129 e. The number of aromatic nitrogens is 1. The molecular formula is C11H17N3. The summed E-state index contributed by atoms with van der Waals surface area (Å²) >= 11 is 0. The average molecular weight is 191 g/mol. The lowest BCUT2D eigenvalue weighted by atomic mass is 10.2. The van der Waals surface area contributed by atoms with Crippen LogP contribution < -0.4 is 11.1 Å². The van der Waals surface area contributed by atoms with Gasteiger partial charge in [0.2, 0.25) is 0 Å². The quantitative estimate of drug-likeness (QED) is 0.763. The summed E-state index contributed by atoms with van der Waals surface area (Å²) in [4.78, 5) is 4.38. The van der Waals surface area contributed by atoms with Crippen LogP contribution in [0.1, 0.15) is 24.0 Å².